The van der Waals surface area contributed by atoms with Crippen molar-refractivity contribution in [3.8, 4) is 5.75 Å². The maximum absolute atomic E-state index is 13.1. The number of ketones is 1. The lowest BCUT2D eigenvalue weighted by Crippen LogP contribution is -2.90. The molecule has 34 heavy (non-hydrogen) atoms. The molecule has 0 aliphatic carbocycles. The molecule has 1 amide bonds. The van der Waals surface area contributed by atoms with Crippen molar-refractivity contribution in [3.05, 3.63) is 29.3 Å². The van der Waals surface area contributed by atoms with E-state index in [0.29, 0.717) is 24.3 Å². The van der Waals surface area contributed by atoms with Crippen LogP contribution in [0.3, 0.4) is 0 Å². The zero-order valence-electron chi connectivity index (χ0n) is 19.5. The normalized spacial score (nSPS) is 29.8. The van der Waals surface area contributed by atoms with Gasteiger partial charge in [0.25, 0.3) is 11.6 Å². The van der Waals surface area contributed by atoms with Crippen LogP contribution in [0, 0.1) is 0 Å². The molecule has 1 fully saturated rings. The Morgan fingerprint density at radius 3 is 2.79 bits per heavy atom. The Balaban J connectivity index is 0.00000133. The van der Waals surface area contributed by atoms with Crippen LogP contribution in [0.4, 0.5) is 0 Å². The number of para-hydroxylation sites is 1. The topological polar surface area (TPSA) is 190 Å². The quantitative estimate of drug-likeness (QED) is 0.217. The van der Waals surface area contributed by atoms with Gasteiger partial charge in [0.05, 0.1) is 24.8 Å². The molecule has 0 unspecified atom stereocenters. The van der Waals surface area contributed by atoms with E-state index in [1.54, 1.807) is 12.1 Å². The molecule has 4 aliphatic heterocycles. The number of ether oxygens (including phenoxy) is 1. The van der Waals surface area contributed by atoms with Crippen molar-refractivity contribution in [2.45, 2.75) is 63.2 Å². The van der Waals surface area contributed by atoms with Crippen LogP contribution in [0.15, 0.2) is 23.2 Å². The van der Waals surface area contributed by atoms with Gasteiger partial charge >= 0.3 is 5.96 Å². The number of aliphatic hydroxyl groups is 2. The molecule has 12 heteroatoms. The Bertz CT molecular complexity index is 1070. The monoisotopic (exact) mass is 474 g/mol. The average molecular weight is 475 g/mol. The van der Waals surface area contributed by atoms with Gasteiger partial charge in [-0.05, 0) is 18.6 Å². The number of Topliss-reactive ketones (excluding diaryl/α,β-unsaturated/α-hetero) is 1. The van der Waals surface area contributed by atoms with Crippen LogP contribution >= 0.6 is 0 Å². The summed E-state index contributed by atoms with van der Waals surface area (Å²) in [6.45, 7) is 5.86. The van der Waals surface area contributed by atoms with E-state index in [1.165, 1.54) is 11.8 Å². The van der Waals surface area contributed by atoms with Crippen molar-refractivity contribution in [2.75, 3.05) is 13.2 Å². The second kappa shape index (κ2) is 8.44. The largest absolute Gasteiger partial charge is 0.492 e. The van der Waals surface area contributed by atoms with Crippen molar-refractivity contribution in [2.24, 2.45) is 16.5 Å². The number of amides is 1. The molecule has 0 aromatic heterocycles. The third-order valence-corrected chi connectivity index (χ3v) is 6.64. The molecule has 9 N–H and O–H groups in total. The van der Waals surface area contributed by atoms with Gasteiger partial charge in [0, 0.05) is 12.8 Å². The lowest BCUT2D eigenvalue weighted by atomic mass is 9.83. The predicted molar refractivity (Wildman–Crippen MR) is 123 cm³/mol. The molecule has 4 atom stereocenters. The molecule has 1 spiro atoms. The number of carbonyl (C=O) groups excluding carboxylic acids is 2. The van der Waals surface area contributed by atoms with E-state index in [9.17, 15) is 19.8 Å². The highest BCUT2D eigenvalue weighted by atomic mass is 16.5. The highest BCUT2D eigenvalue weighted by Crippen LogP contribution is 2.42. The summed E-state index contributed by atoms with van der Waals surface area (Å²) in [4.78, 5) is 33.7. The second-order valence-electron chi connectivity index (χ2n) is 8.64. The summed E-state index contributed by atoms with van der Waals surface area (Å²) < 4.78 is 5.60. The van der Waals surface area contributed by atoms with E-state index in [1.807, 2.05) is 19.9 Å². The van der Waals surface area contributed by atoms with Crippen LogP contribution in [0.5, 0.6) is 5.75 Å². The lowest BCUT2D eigenvalue weighted by molar-refractivity contribution is -0.521. The Kier molecular flexibility index (Phi) is 5.90. The van der Waals surface area contributed by atoms with Gasteiger partial charge in [0.2, 0.25) is 5.79 Å². The minimum absolute atomic E-state index is 0.0182. The Labute approximate surface area is 197 Å². The van der Waals surface area contributed by atoms with Crippen LogP contribution in [0.25, 0.3) is 0 Å². The molecule has 0 radical (unpaired) electrons. The van der Waals surface area contributed by atoms with E-state index in [4.69, 9.17) is 16.2 Å². The maximum Gasteiger partial charge on any atom is 0.343 e. The molecule has 12 nitrogen and oxygen atoms in total. The van der Waals surface area contributed by atoms with Gasteiger partial charge in [-0.15, -0.1) is 0 Å². The van der Waals surface area contributed by atoms with Crippen molar-refractivity contribution >= 4 is 23.6 Å². The van der Waals surface area contributed by atoms with Gasteiger partial charge in [-0.1, -0.05) is 26.0 Å². The summed E-state index contributed by atoms with van der Waals surface area (Å²) in [5, 5.41) is 28.4. The van der Waals surface area contributed by atoms with Crippen LogP contribution in [0.2, 0.25) is 0 Å². The van der Waals surface area contributed by atoms with Gasteiger partial charge in [-0.2, -0.15) is 0 Å². The van der Waals surface area contributed by atoms with Crippen LogP contribution in [0.1, 0.15) is 43.1 Å². The molecule has 5 rings (SSSR count). The van der Waals surface area contributed by atoms with E-state index >= 15 is 0 Å². The number of nitrogens with zero attached hydrogens (tertiary/aromatic N) is 2. The summed E-state index contributed by atoms with van der Waals surface area (Å²) >= 11 is 0. The molecule has 4 aliphatic rings. The lowest BCUT2D eigenvalue weighted by Gasteiger charge is -2.46. The number of nitrogens with one attached hydrogen (secondary N) is 3. The van der Waals surface area contributed by atoms with Crippen molar-refractivity contribution in [3.63, 3.8) is 0 Å². The van der Waals surface area contributed by atoms with Gasteiger partial charge in [-0.3, -0.25) is 25.2 Å². The van der Waals surface area contributed by atoms with Crippen LogP contribution in [-0.2, 0) is 11.2 Å². The molecule has 0 saturated carbocycles. The third-order valence-electron chi connectivity index (χ3n) is 6.64. The first-order chi connectivity index (χ1) is 16.1. The number of rotatable bonds is 4. The Morgan fingerprint density at radius 1 is 1.35 bits per heavy atom. The highest BCUT2D eigenvalue weighted by molar-refractivity contribution is 5.98. The van der Waals surface area contributed by atoms with Gasteiger partial charge in [-0.25, -0.2) is 10.3 Å². The Morgan fingerprint density at radius 2 is 2.09 bits per heavy atom. The zero-order valence-corrected chi connectivity index (χ0v) is 19.5. The van der Waals surface area contributed by atoms with Gasteiger partial charge in [0.15, 0.2) is 12.0 Å². The fraction of sp³-hybridized carbons (Fsp3) is 0.545. The summed E-state index contributed by atoms with van der Waals surface area (Å²) in [6.07, 6.45) is 0.737. The number of benzene rings is 1. The standard InChI is InChI=1S/C20H25N7O5.C2H6/c1-9(28)7-12-15-19(26-17(21)25-15)20(30,31)13(8-27(19)18(22)23-12)24-16(29)11-4-2-3-10-5-6-32-14(10)11;1-2/h2-4,12-13,15,30-31H,5-8H2,1H3,(H2,22,23)(H,24,29)(H3,21,25,26);1-2H3/p+1/t12-,13-,15-,19-;/m0./s1. The Hall–Kier alpha value is -3.38. The molecular weight excluding hydrogens is 442 g/mol. The predicted octanol–water partition coefficient (Wildman–Crippen LogP) is -3.52. The highest BCUT2D eigenvalue weighted by Gasteiger charge is 2.76. The summed E-state index contributed by atoms with van der Waals surface area (Å²) in [5.41, 5.74) is 11.8. The molecule has 1 aromatic carbocycles. The number of carbonyl (C=O) groups is 2. The molecule has 0 bridgehead atoms. The SMILES string of the molecule is CC.CC(=O)C[C@@H]1N=C(N)N2C[C@H](NC(=O)c3cccc4c3OCC4)C(O)(O)[C@@]23NC(N)=[NH+][C@@H]13. The first-order valence-corrected chi connectivity index (χ1v) is 11.4. The van der Waals surface area contributed by atoms with Gasteiger partial charge in [0.1, 0.15) is 17.6 Å². The molecule has 4 heterocycles. The number of hydrogen-bond acceptors (Lipinski definition) is 10. The maximum atomic E-state index is 13.1. The summed E-state index contributed by atoms with van der Waals surface area (Å²) in [7, 11) is 0. The molecule has 1 saturated heterocycles. The number of guanidine groups is 2. The van der Waals surface area contributed by atoms with E-state index in [0.717, 1.165) is 5.56 Å². The molecular formula is C22H32N7O5+. The molecule has 1 aromatic rings. The summed E-state index contributed by atoms with van der Waals surface area (Å²) in [6, 6.07) is 2.66. The average Bonchev–Trinajstić information content (AvgIpc) is 3.46. The van der Waals surface area contributed by atoms with E-state index in [2.05, 4.69) is 20.6 Å². The number of aliphatic imine (C=N–C) groups is 1. The summed E-state index contributed by atoms with van der Waals surface area (Å²) in [5.74, 6) is -2.55. The van der Waals surface area contributed by atoms with Crippen molar-refractivity contribution in [1.29, 1.82) is 0 Å². The van der Waals surface area contributed by atoms with E-state index < -0.39 is 35.5 Å². The second-order valence-corrected chi connectivity index (χ2v) is 8.64. The zero-order chi connectivity index (χ0) is 24.8. The van der Waals surface area contributed by atoms with E-state index in [-0.39, 0.29) is 30.7 Å². The first kappa shape index (κ1) is 23.8. The van der Waals surface area contributed by atoms with Crippen molar-refractivity contribution < 1.29 is 29.5 Å². The minimum Gasteiger partial charge on any atom is -0.492 e. The third kappa shape index (κ3) is 3.36. The fourth-order valence-corrected chi connectivity index (χ4v) is 5.26. The van der Waals surface area contributed by atoms with Crippen molar-refractivity contribution in [1.82, 2.24) is 15.5 Å². The van der Waals surface area contributed by atoms with Crippen LogP contribution < -0.4 is 31.8 Å². The van der Waals surface area contributed by atoms with Crippen LogP contribution in [-0.4, -0.2) is 81.4 Å². The number of nitrogens with two attached hydrogens (primary N) is 2. The fourth-order valence-electron chi connectivity index (χ4n) is 5.26. The smallest absolute Gasteiger partial charge is 0.343 e. The first-order valence-electron chi connectivity index (χ1n) is 11.4. The number of hydrogen-bond donors (Lipinski definition) is 7. The van der Waals surface area contributed by atoms with Gasteiger partial charge < -0.3 is 26.0 Å². The number of fused-ring (bicyclic) bond motifs is 1. The minimum atomic E-state index is -2.52. The molecule has 184 valence electrons.